The number of hydrazine groups is 1. The summed E-state index contributed by atoms with van der Waals surface area (Å²) in [5, 5.41) is 0.612. The Morgan fingerprint density at radius 2 is 2.04 bits per heavy atom. The van der Waals surface area contributed by atoms with Crippen molar-refractivity contribution in [3.8, 4) is 5.75 Å². The first-order chi connectivity index (χ1) is 12.0. The van der Waals surface area contributed by atoms with E-state index in [2.05, 4.69) is 0 Å². The Balaban J connectivity index is 1.86. The molecule has 1 aromatic heterocycles. The van der Waals surface area contributed by atoms with Crippen molar-refractivity contribution in [1.29, 1.82) is 0 Å². The highest BCUT2D eigenvalue weighted by Crippen LogP contribution is 2.23. The molecule has 0 aliphatic heterocycles. The number of amides is 1. The third kappa shape index (κ3) is 4.02. The van der Waals surface area contributed by atoms with Crippen molar-refractivity contribution in [2.24, 2.45) is 5.84 Å². The zero-order valence-electron chi connectivity index (χ0n) is 13.1. The quantitative estimate of drug-likeness (QED) is 0.320. The molecule has 3 aromatic rings. The van der Waals surface area contributed by atoms with Gasteiger partial charge in [0.15, 0.2) is 0 Å². The van der Waals surface area contributed by atoms with Crippen LogP contribution in [-0.2, 0) is 17.8 Å². The van der Waals surface area contributed by atoms with E-state index in [-0.39, 0.29) is 18.8 Å². The predicted octanol–water partition coefficient (Wildman–Crippen LogP) is 2.04. The van der Waals surface area contributed by atoms with Crippen LogP contribution >= 0.6 is 0 Å². The highest BCUT2D eigenvalue weighted by atomic mass is 19.1. The van der Waals surface area contributed by atoms with Gasteiger partial charge in [0.1, 0.15) is 23.8 Å². The second-order valence-electron chi connectivity index (χ2n) is 5.41. The zero-order chi connectivity index (χ0) is 17.8. The lowest BCUT2D eigenvalue weighted by atomic mass is 10.1. The number of rotatable bonds is 5. The van der Waals surface area contributed by atoms with Crippen molar-refractivity contribution >= 4 is 16.9 Å². The summed E-state index contributed by atoms with van der Waals surface area (Å²) in [6.07, 6.45) is -0.0396. The molecule has 6 nitrogen and oxygen atoms in total. The molecule has 7 heteroatoms. The van der Waals surface area contributed by atoms with Crippen LogP contribution in [0, 0.1) is 5.82 Å². The molecular formula is C18H15FN2O4. The molecule has 0 radical (unpaired) electrons. The smallest absolute Gasteiger partial charge is 0.336 e. The number of nitrogens with one attached hydrogen (secondary N) is 1. The standard InChI is InChI=1S/C18H15FN2O4/c19-13-3-1-2-11(6-13)10-24-14-4-5-15-12(7-17(22)21-20)8-18(23)25-16(15)9-14/h1-6,8-9H,7,10,20H2,(H,21,22). The average molecular weight is 342 g/mol. The fraction of sp³-hybridized carbons (Fsp3) is 0.111. The maximum absolute atomic E-state index is 13.2. The highest BCUT2D eigenvalue weighted by Gasteiger charge is 2.10. The van der Waals surface area contributed by atoms with Crippen molar-refractivity contribution in [2.75, 3.05) is 0 Å². The number of carbonyl (C=O) groups excluding carboxylic acids is 1. The summed E-state index contributed by atoms with van der Waals surface area (Å²) < 4.78 is 24.0. The lowest BCUT2D eigenvalue weighted by Gasteiger charge is -2.09. The normalized spacial score (nSPS) is 10.6. The summed E-state index contributed by atoms with van der Waals surface area (Å²) in [5.41, 5.74) is 2.93. The van der Waals surface area contributed by atoms with Crippen LogP contribution in [0.2, 0.25) is 0 Å². The number of ether oxygens (including phenoxy) is 1. The minimum absolute atomic E-state index is 0.0396. The van der Waals surface area contributed by atoms with E-state index in [4.69, 9.17) is 15.0 Å². The molecule has 0 fully saturated rings. The Bertz CT molecular complexity index is 984. The van der Waals surface area contributed by atoms with Crippen molar-refractivity contribution < 1.29 is 18.3 Å². The number of carbonyl (C=O) groups is 1. The van der Waals surface area contributed by atoms with Crippen LogP contribution in [0.15, 0.2) is 57.7 Å². The largest absolute Gasteiger partial charge is 0.489 e. The van der Waals surface area contributed by atoms with Crippen LogP contribution in [0.5, 0.6) is 5.75 Å². The number of nitrogens with two attached hydrogens (primary N) is 1. The molecule has 2 aromatic carbocycles. The second-order valence-corrected chi connectivity index (χ2v) is 5.41. The third-order valence-electron chi connectivity index (χ3n) is 3.61. The SMILES string of the molecule is NNC(=O)Cc1cc(=O)oc2cc(OCc3cccc(F)c3)ccc12. The summed E-state index contributed by atoms with van der Waals surface area (Å²) in [5.74, 6) is 4.78. The van der Waals surface area contributed by atoms with Crippen molar-refractivity contribution in [1.82, 2.24) is 5.43 Å². The molecule has 0 bridgehead atoms. The number of halogens is 1. The molecule has 0 unspecified atom stereocenters. The Morgan fingerprint density at radius 1 is 1.20 bits per heavy atom. The maximum Gasteiger partial charge on any atom is 0.336 e. The first-order valence-corrected chi connectivity index (χ1v) is 7.48. The van der Waals surface area contributed by atoms with Gasteiger partial charge in [-0.3, -0.25) is 10.2 Å². The Morgan fingerprint density at radius 3 is 2.80 bits per heavy atom. The van der Waals surface area contributed by atoms with Gasteiger partial charge in [-0.2, -0.15) is 0 Å². The third-order valence-corrected chi connectivity index (χ3v) is 3.61. The molecule has 1 amide bonds. The van der Waals surface area contributed by atoms with E-state index in [0.717, 1.165) is 0 Å². The van der Waals surface area contributed by atoms with Crippen LogP contribution in [0.1, 0.15) is 11.1 Å². The van der Waals surface area contributed by atoms with Crippen molar-refractivity contribution in [3.05, 3.63) is 75.9 Å². The maximum atomic E-state index is 13.2. The molecule has 25 heavy (non-hydrogen) atoms. The summed E-state index contributed by atoms with van der Waals surface area (Å²) in [6.45, 7) is 0.169. The molecule has 1 heterocycles. The molecule has 0 atom stereocenters. The Labute approximate surface area is 142 Å². The van der Waals surface area contributed by atoms with Crippen molar-refractivity contribution in [3.63, 3.8) is 0 Å². The molecule has 0 aliphatic rings. The number of fused-ring (bicyclic) bond motifs is 1. The van der Waals surface area contributed by atoms with E-state index in [9.17, 15) is 14.0 Å². The molecule has 0 spiro atoms. The minimum atomic E-state index is -0.574. The molecule has 128 valence electrons. The molecule has 0 aliphatic carbocycles. The lowest BCUT2D eigenvalue weighted by Crippen LogP contribution is -2.31. The van der Waals surface area contributed by atoms with E-state index in [1.54, 1.807) is 30.3 Å². The molecule has 3 N–H and O–H groups in total. The zero-order valence-corrected chi connectivity index (χ0v) is 13.1. The van der Waals surface area contributed by atoms with Crippen LogP contribution in [0.25, 0.3) is 11.0 Å². The van der Waals surface area contributed by atoms with Gasteiger partial charge < -0.3 is 9.15 Å². The van der Waals surface area contributed by atoms with Gasteiger partial charge in [-0.25, -0.2) is 15.0 Å². The van der Waals surface area contributed by atoms with E-state index in [0.29, 0.717) is 27.8 Å². The molecule has 0 saturated carbocycles. The number of hydrogen-bond donors (Lipinski definition) is 2. The van der Waals surface area contributed by atoms with E-state index >= 15 is 0 Å². The van der Waals surface area contributed by atoms with Crippen molar-refractivity contribution in [2.45, 2.75) is 13.0 Å². The predicted molar refractivity (Wildman–Crippen MR) is 89.3 cm³/mol. The van der Waals surface area contributed by atoms with Crippen LogP contribution < -0.4 is 21.6 Å². The highest BCUT2D eigenvalue weighted by molar-refractivity contribution is 5.87. The van der Waals surface area contributed by atoms with Gasteiger partial charge in [-0.1, -0.05) is 12.1 Å². The summed E-state index contributed by atoms with van der Waals surface area (Å²) in [4.78, 5) is 23.2. The van der Waals surface area contributed by atoms with Gasteiger partial charge in [0, 0.05) is 17.5 Å². The molecule has 0 saturated heterocycles. The van der Waals surface area contributed by atoms with E-state index in [1.807, 2.05) is 5.43 Å². The number of benzene rings is 2. The minimum Gasteiger partial charge on any atom is -0.489 e. The van der Waals surface area contributed by atoms with E-state index in [1.165, 1.54) is 18.2 Å². The fourth-order valence-corrected chi connectivity index (χ4v) is 2.46. The van der Waals surface area contributed by atoms with Gasteiger partial charge in [0.25, 0.3) is 0 Å². The number of hydrogen-bond acceptors (Lipinski definition) is 5. The first kappa shape index (κ1) is 16.7. The van der Waals surface area contributed by atoms with Gasteiger partial charge in [0.05, 0.1) is 6.42 Å². The molecular weight excluding hydrogens is 327 g/mol. The van der Waals surface area contributed by atoms with E-state index < -0.39 is 11.5 Å². The van der Waals surface area contributed by atoms with Crippen LogP contribution in [0.4, 0.5) is 4.39 Å². The van der Waals surface area contributed by atoms with Gasteiger partial charge in [-0.15, -0.1) is 0 Å². The van der Waals surface area contributed by atoms with Gasteiger partial charge in [0.2, 0.25) is 5.91 Å². The molecule has 3 rings (SSSR count). The fourth-order valence-electron chi connectivity index (χ4n) is 2.46. The lowest BCUT2D eigenvalue weighted by molar-refractivity contribution is -0.120. The van der Waals surface area contributed by atoms with Crippen LogP contribution in [0.3, 0.4) is 0 Å². The van der Waals surface area contributed by atoms with Gasteiger partial charge in [-0.05, 0) is 35.4 Å². The van der Waals surface area contributed by atoms with Gasteiger partial charge >= 0.3 is 5.63 Å². The second kappa shape index (κ2) is 7.14. The first-order valence-electron chi connectivity index (χ1n) is 7.48. The Kier molecular flexibility index (Phi) is 4.76. The topological polar surface area (TPSA) is 94.6 Å². The average Bonchev–Trinajstić information content (AvgIpc) is 2.59. The summed E-state index contributed by atoms with van der Waals surface area (Å²) >= 11 is 0. The summed E-state index contributed by atoms with van der Waals surface area (Å²) in [6, 6.07) is 12.3. The van der Waals surface area contributed by atoms with Crippen LogP contribution in [-0.4, -0.2) is 5.91 Å². The monoisotopic (exact) mass is 342 g/mol. The summed E-state index contributed by atoms with van der Waals surface area (Å²) in [7, 11) is 0. The Hall–Kier alpha value is -3.19.